The lowest BCUT2D eigenvalue weighted by Crippen LogP contribution is -2.31. The molecule has 0 spiro atoms. The summed E-state index contributed by atoms with van der Waals surface area (Å²) >= 11 is 6.21. The molecular weight excluding hydrogens is 282 g/mol. The van der Waals surface area contributed by atoms with Crippen molar-refractivity contribution < 1.29 is 19.4 Å². The number of hydrogen-bond acceptors (Lipinski definition) is 4. The van der Waals surface area contributed by atoms with E-state index < -0.39 is 5.97 Å². The first-order valence-corrected chi connectivity index (χ1v) is 7.10. The molecule has 1 aliphatic heterocycles. The van der Waals surface area contributed by atoms with E-state index in [4.69, 9.17) is 26.2 Å². The van der Waals surface area contributed by atoms with Crippen LogP contribution in [0, 0.1) is 5.92 Å². The average molecular weight is 298 g/mol. The van der Waals surface area contributed by atoms with E-state index in [0.717, 1.165) is 24.9 Å². The number of halogens is 1. The second kappa shape index (κ2) is 5.40. The second-order valence-electron chi connectivity index (χ2n) is 5.23. The van der Waals surface area contributed by atoms with Crippen molar-refractivity contribution in [1.82, 2.24) is 0 Å². The van der Waals surface area contributed by atoms with Gasteiger partial charge in [0.25, 0.3) is 0 Å². The number of benzene rings is 1. The third-order valence-corrected chi connectivity index (χ3v) is 4.16. The van der Waals surface area contributed by atoms with E-state index in [0.29, 0.717) is 22.9 Å². The van der Waals surface area contributed by atoms with Crippen LogP contribution in [0.4, 0.5) is 5.69 Å². The highest BCUT2D eigenvalue weighted by molar-refractivity contribution is 6.33. The minimum atomic E-state index is -0.715. The fourth-order valence-electron chi connectivity index (χ4n) is 2.79. The summed E-state index contributed by atoms with van der Waals surface area (Å²) in [6.07, 6.45) is 3.24. The second-order valence-corrected chi connectivity index (χ2v) is 5.64. The fraction of sp³-hybridized carbons (Fsp3) is 0.500. The van der Waals surface area contributed by atoms with Gasteiger partial charge < -0.3 is 19.9 Å². The first kappa shape index (κ1) is 13.4. The molecule has 1 fully saturated rings. The molecule has 1 aromatic rings. The molecule has 0 radical (unpaired) electrons. The largest absolute Gasteiger partial charge is 0.481 e. The molecule has 0 bridgehead atoms. The molecule has 2 aliphatic rings. The van der Waals surface area contributed by atoms with E-state index in [-0.39, 0.29) is 18.8 Å². The van der Waals surface area contributed by atoms with E-state index in [2.05, 4.69) is 5.32 Å². The van der Waals surface area contributed by atoms with Crippen LogP contribution in [-0.4, -0.2) is 23.9 Å². The van der Waals surface area contributed by atoms with Gasteiger partial charge >= 0.3 is 5.97 Å². The SMILES string of the molecule is O=C(O)C1CCCC(Nc2cc3c(cc2Cl)OCO3)C1. The molecule has 0 amide bonds. The summed E-state index contributed by atoms with van der Waals surface area (Å²) in [6.45, 7) is 0.208. The van der Waals surface area contributed by atoms with Gasteiger partial charge in [0.05, 0.1) is 16.6 Å². The van der Waals surface area contributed by atoms with Crippen LogP contribution in [-0.2, 0) is 4.79 Å². The number of nitrogens with one attached hydrogen (secondary N) is 1. The summed E-state index contributed by atoms with van der Waals surface area (Å²) in [5.74, 6) is 0.331. The molecule has 2 atom stereocenters. The van der Waals surface area contributed by atoms with Crippen LogP contribution in [0.15, 0.2) is 12.1 Å². The quantitative estimate of drug-likeness (QED) is 0.897. The highest BCUT2D eigenvalue weighted by atomic mass is 35.5. The molecule has 108 valence electrons. The highest BCUT2D eigenvalue weighted by Gasteiger charge is 2.27. The number of carboxylic acid groups (broad SMARTS) is 1. The van der Waals surface area contributed by atoms with Crippen molar-refractivity contribution in [2.45, 2.75) is 31.7 Å². The topological polar surface area (TPSA) is 67.8 Å². The van der Waals surface area contributed by atoms with Crippen molar-refractivity contribution in [1.29, 1.82) is 0 Å². The Kier molecular flexibility index (Phi) is 3.61. The summed E-state index contributed by atoms with van der Waals surface area (Å²) < 4.78 is 10.6. The summed E-state index contributed by atoms with van der Waals surface area (Å²) in [4.78, 5) is 11.1. The van der Waals surface area contributed by atoms with Gasteiger partial charge in [0.15, 0.2) is 11.5 Å². The predicted octanol–water partition coefficient (Wildman–Crippen LogP) is 3.12. The smallest absolute Gasteiger partial charge is 0.306 e. The van der Waals surface area contributed by atoms with Crippen LogP contribution < -0.4 is 14.8 Å². The number of carboxylic acids is 1. The lowest BCUT2D eigenvalue weighted by molar-refractivity contribution is -0.142. The Labute approximate surface area is 121 Å². The van der Waals surface area contributed by atoms with E-state index in [1.165, 1.54) is 0 Å². The zero-order valence-corrected chi connectivity index (χ0v) is 11.7. The van der Waals surface area contributed by atoms with Crippen LogP contribution >= 0.6 is 11.6 Å². The third kappa shape index (κ3) is 2.63. The van der Waals surface area contributed by atoms with Crippen molar-refractivity contribution >= 4 is 23.3 Å². The Morgan fingerprint density at radius 3 is 2.80 bits per heavy atom. The number of hydrogen-bond donors (Lipinski definition) is 2. The first-order valence-electron chi connectivity index (χ1n) is 6.72. The molecule has 3 rings (SSSR count). The molecule has 2 unspecified atom stereocenters. The molecule has 6 heteroatoms. The number of rotatable bonds is 3. The minimum absolute atomic E-state index is 0.128. The molecule has 0 aromatic heterocycles. The Hall–Kier alpha value is -1.62. The molecule has 1 aromatic carbocycles. The standard InChI is InChI=1S/C14H16ClNO4/c15-10-5-12-13(20-7-19-12)6-11(10)16-9-3-1-2-8(4-9)14(17)18/h5-6,8-9,16H,1-4,7H2,(H,17,18). The fourth-order valence-corrected chi connectivity index (χ4v) is 3.00. The number of ether oxygens (including phenoxy) is 2. The molecule has 1 aliphatic carbocycles. The van der Waals surface area contributed by atoms with Gasteiger partial charge in [-0.15, -0.1) is 0 Å². The van der Waals surface area contributed by atoms with Crippen molar-refractivity contribution in [2.75, 3.05) is 12.1 Å². The monoisotopic (exact) mass is 297 g/mol. The first-order chi connectivity index (χ1) is 9.63. The van der Waals surface area contributed by atoms with Gasteiger partial charge in [-0.05, 0) is 19.3 Å². The zero-order valence-electron chi connectivity index (χ0n) is 10.9. The van der Waals surface area contributed by atoms with Gasteiger partial charge in [0, 0.05) is 18.2 Å². The van der Waals surface area contributed by atoms with Crippen molar-refractivity contribution in [2.24, 2.45) is 5.92 Å². The molecule has 0 saturated heterocycles. The van der Waals surface area contributed by atoms with Crippen LogP contribution in [0.25, 0.3) is 0 Å². The summed E-state index contributed by atoms with van der Waals surface area (Å²) in [6, 6.07) is 3.67. The number of aliphatic carboxylic acids is 1. The lowest BCUT2D eigenvalue weighted by Gasteiger charge is -2.28. The maximum Gasteiger partial charge on any atom is 0.306 e. The summed E-state index contributed by atoms with van der Waals surface area (Å²) in [5, 5.41) is 13.0. The Balaban J connectivity index is 1.73. The van der Waals surface area contributed by atoms with Gasteiger partial charge in [0.1, 0.15) is 0 Å². The molecule has 5 nitrogen and oxygen atoms in total. The van der Waals surface area contributed by atoms with Gasteiger partial charge in [-0.2, -0.15) is 0 Å². The normalized spacial score (nSPS) is 24.4. The maximum atomic E-state index is 11.1. The predicted molar refractivity (Wildman–Crippen MR) is 74.6 cm³/mol. The van der Waals surface area contributed by atoms with Gasteiger partial charge in [-0.25, -0.2) is 0 Å². The Morgan fingerprint density at radius 2 is 2.05 bits per heavy atom. The van der Waals surface area contributed by atoms with E-state index >= 15 is 0 Å². The molecule has 20 heavy (non-hydrogen) atoms. The van der Waals surface area contributed by atoms with E-state index in [1.807, 2.05) is 6.07 Å². The van der Waals surface area contributed by atoms with Crippen LogP contribution in [0.2, 0.25) is 5.02 Å². The minimum Gasteiger partial charge on any atom is -0.481 e. The third-order valence-electron chi connectivity index (χ3n) is 3.85. The van der Waals surface area contributed by atoms with Crippen molar-refractivity contribution in [3.05, 3.63) is 17.2 Å². The van der Waals surface area contributed by atoms with Crippen LogP contribution in [0.5, 0.6) is 11.5 Å². The summed E-state index contributed by atoms with van der Waals surface area (Å²) in [5.41, 5.74) is 0.770. The van der Waals surface area contributed by atoms with Gasteiger partial charge in [0.2, 0.25) is 6.79 Å². The Bertz CT molecular complexity index is 534. The van der Waals surface area contributed by atoms with Gasteiger partial charge in [-0.1, -0.05) is 18.0 Å². The maximum absolute atomic E-state index is 11.1. The lowest BCUT2D eigenvalue weighted by atomic mass is 9.85. The molecule has 1 saturated carbocycles. The van der Waals surface area contributed by atoms with Crippen LogP contribution in [0.1, 0.15) is 25.7 Å². The van der Waals surface area contributed by atoms with E-state index in [9.17, 15) is 4.79 Å². The van der Waals surface area contributed by atoms with Crippen LogP contribution in [0.3, 0.4) is 0 Å². The average Bonchev–Trinajstić information content (AvgIpc) is 2.86. The molecule has 2 N–H and O–H groups in total. The Morgan fingerprint density at radius 1 is 1.30 bits per heavy atom. The van der Waals surface area contributed by atoms with E-state index in [1.54, 1.807) is 6.07 Å². The van der Waals surface area contributed by atoms with Gasteiger partial charge in [-0.3, -0.25) is 4.79 Å². The van der Waals surface area contributed by atoms with Crippen molar-refractivity contribution in [3.8, 4) is 11.5 Å². The number of fused-ring (bicyclic) bond motifs is 1. The molecular formula is C14H16ClNO4. The number of carbonyl (C=O) groups is 1. The number of anilines is 1. The zero-order chi connectivity index (χ0) is 14.1. The summed E-state index contributed by atoms with van der Waals surface area (Å²) in [7, 11) is 0. The van der Waals surface area contributed by atoms with Crippen molar-refractivity contribution in [3.63, 3.8) is 0 Å². The highest BCUT2D eigenvalue weighted by Crippen LogP contribution is 2.40. The molecule has 1 heterocycles.